The summed E-state index contributed by atoms with van der Waals surface area (Å²) in [5.74, 6) is -0.463. The van der Waals surface area contributed by atoms with Crippen LogP contribution in [0.2, 0.25) is 0 Å². The number of nitrogens with one attached hydrogen (secondary N) is 1. The van der Waals surface area contributed by atoms with Crippen LogP contribution in [-0.2, 0) is 6.54 Å². The van der Waals surface area contributed by atoms with Gasteiger partial charge in [-0.1, -0.05) is 0 Å². The number of carbonyl (C=O) groups excluding carboxylic acids is 2. The standard InChI is InChI=1S/C13H16N4O3/c1-4-17-11(13(19)16(2)3)9(8-14-17)15-12(18)10-6-5-7-20-10/h5-8H,4H2,1-3H3,(H,15,18). The van der Waals surface area contributed by atoms with E-state index in [9.17, 15) is 9.59 Å². The Morgan fingerprint density at radius 2 is 2.20 bits per heavy atom. The normalized spacial score (nSPS) is 10.3. The quantitative estimate of drug-likeness (QED) is 0.916. The number of furan rings is 1. The minimum Gasteiger partial charge on any atom is -0.459 e. The van der Waals surface area contributed by atoms with Gasteiger partial charge in [0.2, 0.25) is 0 Å². The molecule has 2 heterocycles. The van der Waals surface area contributed by atoms with Gasteiger partial charge in [0.1, 0.15) is 5.69 Å². The second-order valence-corrected chi connectivity index (χ2v) is 4.35. The molecule has 2 rings (SSSR count). The summed E-state index contributed by atoms with van der Waals surface area (Å²) in [4.78, 5) is 25.6. The Morgan fingerprint density at radius 3 is 2.75 bits per heavy atom. The maximum absolute atomic E-state index is 12.2. The molecule has 0 saturated carbocycles. The Bertz CT molecular complexity index is 614. The zero-order valence-electron chi connectivity index (χ0n) is 11.6. The van der Waals surface area contributed by atoms with Gasteiger partial charge in [-0.2, -0.15) is 5.10 Å². The van der Waals surface area contributed by atoms with E-state index in [1.54, 1.807) is 30.9 Å². The van der Waals surface area contributed by atoms with Crippen molar-refractivity contribution in [3.05, 3.63) is 36.0 Å². The molecule has 0 atom stereocenters. The summed E-state index contributed by atoms with van der Waals surface area (Å²) in [5, 5.41) is 6.74. The third-order valence-electron chi connectivity index (χ3n) is 2.74. The predicted octanol–water partition coefficient (Wildman–Crippen LogP) is 1.45. The lowest BCUT2D eigenvalue weighted by molar-refractivity contribution is 0.0816. The first kappa shape index (κ1) is 13.9. The van der Waals surface area contributed by atoms with Crippen LogP contribution in [0.4, 0.5) is 5.69 Å². The highest BCUT2D eigenvalue weighted by Crippen LogP contribution is 2.18. The first-order chi connectivity index (χ1) is 9.54. The Kier molecular flexibility index (Phi) is 3.88. The highest BCUT2D eigenvalue weighted by Gasteiger charge is 2.22. The monoisotopic (exact) mass is 276 g/mol. The minimum atomic E-state index is -0.418. The first-order valence-corrected chi connectivity index (χ1v) is 6.17. The van der Waals surface area contributed by atoms with Crippen molar-refractivity contribution in [1.82, 2.24) is 14.7 Å². The van der Waals surface area contributed by atoms with Crippen LogP contribution in [0.15, 0.2) is 29.0 Å². The molecule has 0 fully saturated rings. The lowest BCUT2D eigenvalue weighted by atomic mass is 10.3. The summed E-state index contributed by atoms with van der Waals surface area (Å²) < 4.78 is 6.56. The van der Waals surface area contributed by atoms with Gasteiger partial charge in [0.15, 0.2) is 5.76 Å². The fourth-order valence-corrected chi connectivity index (χ4v) is 1.75. The minimum absolute atomic E-state index is 0.178. The summed E-state index contributed by atoms with van der Waals surface area (Å²) in [7, 11) is 3.29. The van der Waals surface area contributed by atoms with Gasteiger partial charge in [-0.3, -0.25) is 14.3 Å². The topological polar surface area (TPSA) is 80.4 Å². The number of hydrogen-bond donors (Lipinski definition) is 1. The van der Waals surface area contributed by atoms with Crippen molar-refractivity contribution in [2.75, 3.05) is 19.4 Å². The van der Waals surface area contributed by atoms with Crippen molar-refractivity contribution in [2.45, 2.75) is 13.5 Å². The molecule has 0 unspecified atom stereocenters. The third kappa shape index (κ3) is 2.56. The Hall–Kier alpha value is -2.57. The van der Waals surface area contributed by atoms with Gasteiger partial charge in [-0.15, -0.1) is 0 Å². The van der Waals surface area contributed by atoms with Gasteiger partial charge in [-0.25, -0.2) is 0 Å². The number of carbonyl (C=O) groups is 2. The molecular formula is C13H16N4O3. The van der Waals surface area contributed by atoms with Gasteiger partial charge in [0.05, 0.1) is 18.1 Å². The number of amides is 2. The van der Waals surface area contributed by atoms with Crippen LogP contribution in [0.5, 0.6) is 0 Å². The maximum atomic E-state index is 12.2. The van der Waals surface area contributed by atoms with Gasteiger partial charge >= 0.3 is 0 Å². The number of nitrogens with zero attached hydrogens (tertiary/aromatic N) is 3. The largest absolute Gasteiger partial charge is 0.459 e. The molecule has 2 aromatic heterocycles. The van der Waals surface area contributed by atoms with Crippen LogP contribution < -0.4 is 5.32 Å². The van der Waals surface area contributed by atoms with E-state index in [1.807, 2.05) is 6.92 Å². The third-order valence-corrected chi connectivity index (χ3v) is 2.74. The molecule has 2 amide bonds. The van der Waals surface area contributed by atoms with E-state index < -0.39 is 5.91 Å². The number of aryl methyl sites for hydroxylation is 1. The summed E-state index contributed by atoms with van der Waals surface area (Å²) >= 11 is 0. The smallest absolute Gasteiger partial charge is 0.291 e. The zero-order chi connectivity index (χ0) is 14.7. The molecule has 0 radical (unpaired) electrons. The van der Waals surface area contributed by atoms with Gasteiger partial charge in [0.25, 0.3) is 11.8 Å². The van der Waals surface area contributed by atoms with Crippen LogP contribution in [0, 0.1) is 0 Å². The van der Waals surface area contributed by atoms with Gasteiger partial charge in [-0.05, 0) is 19.1 Å². The van der Waals surface area contributed by atoms with Crippen molar-refractivity contribution in [2.24, 2.45) is 0 Å². The molecule has 0 aliphatic rings. The highest BCUT2D eigenvalue weighted by molar-refractivity contribution is 6.06. The van der Waals surface area contributed by atoms with E-state index in [4.69, 9.17) is 4.42 Å². The van der Waals surface area contributed by atoms with Crippen LogP contribution in [0.3, 0.4) is 0 Å². The molecule has 0 aliphatic carbocycles. The summed E-state index contributed by atoms with van der Waals surface area (Å²) in [6.07, 6.45) is 2.87. The Labute approximate surface area is 116 Å². The van der Waals surface area contributed by atoms with E-state index in [-0.39, 0.29) is 11.7 Å². The molecule has 7 nitrogen and oxygen atoms in total. The van der Waals surface area contributed by atoms with E-state index in [0.29, 0.717) is 17.9 Å². The van der Waals surface area contributed by atoms with Crippen LogP contribution in [-0.4, -0.2) is 40.6 Å². The molecule has 7 heteroatoms. The van der Waals surface area contributed by atoms with Gasteiger partial charge < -0.3 is 14.6 Å². The molecule has 0 aromatic carbocycles. The van der Waals surface area contributed by atoms with Crippen molar-refractivity contribution in [3.8, 4) is 0 Å². The second-order valence-electron chi connectivity index (χ2n) is 4.35. The predicted molar refractivity (Wildman–Crippen MR) is 72.6 cm³/mol. The van der Waals surface area contributed by atoms with E-state index >= 15 is 0 Å². The van der Waals surface area contributed by atoms with Crippen molar-refractivity contribution in [1.29, 1.82) is 0 Å². The van der Waals surface area contributed by atoms with E-state index in [1.165, 1.54) is 17.4 Å². The maximum Gasteiger partial charge on any atom is 0.291 e. The van der Waals surface area contributed by atoms with Gasteiger partial charge in [0, 0.05) is 20.6 Å². The fraction of sp³-hybridized carbons (Fsp3) is 0.308. The molecule has 0 saturated heterocycles. The van der Waals surface area contributed by atoms with Crippen molar-refractivity contribution in [3.63, 3.8) is 0 Å². The fourth-order valence-electron chi connectivity index (χ4n) is 1.75. The average molecular weight is 276 g/mol. The molecule has 106 valence electrons. The SMILES string of the molecule is CCn1ncc(NC(=O)c2ccco2)c1C(=O)N(C)C. The van der Waals surface area contributed by atoms with Crippen LogP contribution >= 0.6 is 0 Å². The van der Waals surface area contributed by atoms with Crippen molar-refractivity contribution < 1.29 is 14.0 Å². The van der Waals surface area contributed by atoms with Crippen molar-refractivity contribution >= 4 is 17.5 Å². The Balaban J connectivity index is 2.30. The molecule has 2 aromatic rings. The lowest BCUT2D eigenvalue weighted by Crippen LogP contribution is -2.26. The second kappa shape index (κ2) is 5.60. The first-order valence-electron chi connectivity index (χ1n) is 6.17. The molecule has 0 spiro atoms. The molecular weight excluding hydrogens is 260 g/mol. The molecule has 1 N–H and O–H groups in total. The number of anilines is 1. The lowest BCUT2D eigenvalue weighted by Gasteiger charge is -2.13. The van der Waals surface area contributed by atoms with Crippen LogP contribution in [0.25, 0.3) is 0 Å². The number of rotatable bonds is 4. The number of aromatic nitrogens is 2. The summed E-state index contributed by atoms with van der Waals surface area (Å²) in [6, 6.07) is 3.17. The molecule has 20 heavy (non-hydrogen) atoms. The van der Waals surface area contributed by atoms with Crippen LogP contribution in [0.1, 0.15) is 28.0 Å². The zero-order valence-corrected chi connectivity index (χ0v) is 11.6. The average Bonchev–Trinajstić information content (AvgIpc) is 3.06. The summed E-state index contributed by atoms with van der Waals surface area (Å²) in [6.45, 7) is 2.41. The summed E-state index contributed by atoms with van der Waals surface area (Å²) in [5.41, 5.74) is 0.712. The number of hydrogen-bond acceptors (Lipinski definition) is 4. The molecule has 0 bridgehead atoms. The Morgan fingerprint density at radius 1 is 1.45 bits per heavy atom. The highest BCUT2D eigenvalue weighted by atomic mass is 16.3. The van der Waals surface area contributed by atoms with E-state index in [2.05, 4.69) is 10.4 Å². The molecule has 0 aliphatic heterocycles. The van der Waals surface area contributed by atoms with E-state index in [0.717, 1.165) is 0 Å².